The van der Waals surface area contributed by atoms with Crippen LogP contribution in [0, 0.1) is 0 Å². The lowest BCUT2D eigenvalue weighted by atomic mass is 10.5. The van der Waals surface area contributed by atoms with Crippen molar-refractivity contribution in [2.45, 2.75) is 39.7 Å². The maximum absolute atomic E-state index is 5.48. The lowest BCUT2D eigenvalue weighted by Gasteiger charge is -2.11. The molecule has 0 aliphatic carbocycles. The molecular formula is C13H22N4O2. The van der Waals surface area contributed by atoms with Gasteiger partial charge >= 0.3 is 12.0 Å². The van der Waals surface area contributed by atoms with Gasteiger partial charge in [0.05, 0.1) is 12.7 Å². The van der Waals surface area contributed by atoms with E-state index in [1.54, 1.807) is 6.08 Å². The molecule has 0 atom stereocenters. The standard InChI is InChI=1S/C13H22N4O2/c1-5-7-9-18-12-15-11(14-8-6-2)16-13(17-12)19-10(3)4/h5,10H,1,6-9H2,2-4H3,(H,14,15,16,17). The van der Waals surface area contributed by atoms with Crippen LogP contribution in [0.2, 0.25) is 0 Å². The largest absolute Gasteiger partial charge is 0.463 e. The van der Waals surface area contributed by atoms with Crippen molar-refractivity contribution in [3.63, 3.8) is 0 Å². The summed E-state index contributed by atoms with van der Waals surface area (Å²) in [5.74, 6) is 0.473. The number of hydrogen-bond acceptors (Lipinski definition) is 6. The van der Waals surface area contributed by atoms with Gasteiger partial charge in [0.25, 0.3) is 0 Å². The van der Waals surface area contributed by atoms with Crippen LogP contribution in [0.3, 0.4) is 0 Å². The summed E-state index contributed by atoms with van der Waals surface area (Å²) in [6, 6.07) is 0.545. The first-order valence-electron chi connectivity index (χ1n) is 6.56. The zero-order chi connectivity index (χ0) is 14.1. The van der Waals surface area contributed by atoms with Gasteiger partial charge in [0, 0.05) is 6.54 Å². The summed E-state index contributed by atoms with van der Waals surface area (Å²) in [4.78, 5) is 12.5. The third-order valence-electron chi connectivity index (χ3n) is 2.02. The van der Waals surface area contributed by atoms with E-state index in [0.29, 0.717) is 12.6 Å². The smallest absolute Gasteiger partial charge is 0.324 e. The van der Waals surface area contributed by atoms with Gasteiger partial charge in [0.2, 0.25) is 5.95 Å². The Bertz CT molecular complexity index is 396. The molecule has 1 aromatic rings. The molecule has 1 aromatic heterocycles. The van der Waals surface area contributed by atoms with Gasteiger partial charge in [-0.2, -0.15) is 9.97 Å². The van der Waals surface area contributed by atoms with Crippen molar-refractivity contribution in [2.24, 2.45) is 0 Å². The minimum absolute atomic E-state index is 0.00227. The maximum atomic E-state index is 5.48. The quantitative estimate of drug-likeness (QED) is 0.547. The number of anilines is 1. The van der Waals surface area contributed by atoms with E-state index in [1.165, 1.54) is 0 Å². The molecule has 0 aromatic carbocycles. The van der Waals surface area contributed by atoms with Crippen LogP contribution in [-0.2, 0) is 0 Å². The summed E-state index contributed by atoms with van der Waals surface area (Å²) in [6.07, 6.45) is 3.51. The van der Waals surface area contributed by atoms with E-state index in [4.69, 9.17) is 9.47 Å². The molecular weight excluding hydrogens is 244 g/mol. The Labute approximate surface area is 114 Å². The molecule has 0 amide bonds. The van der Waals surface area contributed by atoms with Crippen LogP contribution in [0.1, 0.15) is 33.6 Å². The minimum atomic E-state index is 0.00227. The average molecular weight is 266 g/mol. The molecule has 1 rings (SSSR count). The average Bonchev–Trinajstić information content (AvgIpc) is 2.36. The summed E-state index contributed by atoms with van der Waals surface area (Å²) < 4.78 is 10.9. The molecule has 0 saturated heterocycles. The molecule has 0 aliphatic rings. The molecule has 106 valence electrons. The van der Waals surface area contributed by atoms with Crippen LogP contribution in [0.4, 0.5) is 5.95 Å². The topological polar surface area (TPSA) is 69.2 Å². The maximum Gasteiger partial charge on any atom is 0.324 e. The third-order valence-corrected chi connectivity index (χ3v) is 2.02. The van der Waals surface area contributed by atoms with E-state index < -0.39 is 0 Å². The van der Waals surface area contributed by atoms with E-state index in [0.717, 1.165) is 19.4 Å². The Morgan fingerprint density at radius 3 is 2.63 bits per heavy atom. The fourth-order valence-corrected chi connectivity index (χ4v) is 1.22. The van der Waals surface area contributed by atoms with Crippen molar-refractivity contribution in [2.75, 3.05) is 18.5 Å². The monoisotopic (exact) mass is 266 g/mol. The summed E-state index contributed by atoms with van der Waals surface area (Å²) in [6.45, 7) is 10.8. The number of aromatic nitrogens is 3. The van der Waals surface area contributed by atoms with Gasteiger partial charge in [-0.25, -0.2) is 0 Å². The van der Waals surface area contributed by atoms with Gasteiger partial charge in [0.15, 0.2) is 0 Å². The van der Waals surface area contributed by atoms with Crippen LogP contribution in [0.25, 0.3) is 0 Å². The molecule has 0 fully saturated rings. The molecule has 6 heteroatoms. The predicted octanol–water partition coefficient (Wildman–Crippen LogP) is 2.44. The SMILES string of the molecule is C=CCCOc1nc(NCCC)nc(OC(C)C)n1. The number of hydrogen-bond donors (Lipinski definition) is 1. The highest BCUT2D eigenvalue weighted by Crippen LogP contribution is 2.14. The van der Waals surface area contributed by atoms with E-state index in [-0.39, 0.29) is 18.1 Å². The molecule has 1 N–H and O–H groups in total. The van der Waals surface area contributed by atoms with E-state index in [9.17, 15) is 0 Å². The first-order valence-corrected chi connectivity index (χ1v) is 6.56. The highest BCUT2D eigenvalue weighted by Gasteiger charge is 2.09. The van der Waals surface area contributed by atoms with E-state index in [2.05, 4.69) is 33.8 Å². The van der Waals surface area contributed by atoms with E-state index in [1.807, 2.05) is 13.8 Å². The molecule has 0 saturated carbocycles. The molecule has 0 bridgehead atoms. The van der Waals surface area contributed by atoms with E-state index >= 15 is 0 Å². The molecule has 0 radical (unpaired) electrons. The summed E-state index contributed by atoms with van der Waals surface area (Å²) >= 11 is 0. The summed E-state index contributed by atoms with van der Waals surface area (Å²) in [5.41, 5.74) is 0. The van der Waals surface area contributed by atoms with Crippen molar-refractivity contribution in [1.29, 1.82) is 0 Å². The molecule has 19 heavy (non-hydrogen) atoms. The fraction of sp³-hybridized carbons (Fsp3) is 0.615. The van der Waals surface area contributed by atoms with Crippen LogP contribution in [0.15, 0.2) is 12.7 Å². The highest BCUT2D eigenvalue weighted by atomic mass is 16.5. The molecule has 0 spiro atoms. The van der Waals surface area contributed by atoms with Gasteiger partial charge in [-0.15, -0.1) is 11.6 Å². The normalized spacial score (nSPS) is 10.3. The van der Waals surface area contributed by atoms with Gasteiger partial charge in [-0.05, 0) is 26.7 Å². The van der Waals surface area contributed by atoms with Crippen LogP contribution >= 0.6 is 0 Å². The van der Waals surface area contributed by atoms with Gasteiger partial charge in [-0.1, -0.05) is 13.0 Å². The molecule has 0 aliphatic heterocycles. The molecule has 0 unspecified atom stereocenters. The van der Waals surface area contributed by atoms with Crippen molar-refractivity contribution in [3.05, 3.63) is 12.7 Å². The van der Waals surface area contributed by atoms with Crippen molar-refractivity contribution < 1.29 is 9.47 Å². The Morgan fingerprint density at radius 1 is 1.26 bits per heavy atom. The molecule has 6 nitrogen and oxygen atoms in total. The second kappa shape index (κ2) is 8.29. The Morgan fingerprint density at radius 2 is 2.00 bits per heavy atom. The Hall–Kier alpha value is -1.85. The van der Waals surface area contributed by atoms with Crippen LogP contribution in [0.5, 0.6) is 12.0 Å². The Balaban J connectivity index is 2.78. The number of ether oxygens (including phenoxy) is 2. The van der Waals surface area contributed by atoms with Crippen LogP contribution in [-0.4, -0.2) is 34.2 Å². The number of nitrogens with one attached hydrogen (secondary N) is 1. The predicted molar refractivity (Wildman–Crippen MR) is 74.7 cm³/mol. The van der Waals surface area contributed by atoms with Gasteiger partial charge in [-0.3, -0.25) is 0 Å². The second-order valence-corrected chi connectivity index (χ2v) is 4.24. The van der Waals surface area contributed by atoms with Gasteiger partial charge in [0.1, 0.15) is 0 Å². The zero-order valence-corrected chi connectivity index (χ0v) is 11.8. The van der Waals surface area contributed by atoms with Crippen LogP contribution < -0.4 is 14.8 Å². The number of nitrogens with zero attached hydrogens (tertiary/aromatic N) is 3. The van der Waals surface area contributed by atoms with Gasteiger partial charge < -0.3 is 14.8 Å². The van der Waals surface area contributed by atoms with Crippen molar-refractivity contribution in [1.82, 2.24) is 15.0 Å². The summed E-state index contributed by atoms with van der Waals surface area (Å²) in [7, 11) is 0. The Kier molecular flexibility index (Phi) is 6.63. The fourth-order valence-electron chi connectivity index (χ4n) is 1.22. The lowest BCUT2D eigenvalue weighted by Crippen LogP contribution is -2.13. The van der Waals surface area contributed by atoms with Crippen molar-refractivity contribution >= 4 is 5.95 Å². The minimum Gasteiger partial charge on any atom is -0.463 e. The third kappa shape index (κ3) is 6.03. The van der Waals surface area contributed by atoms with Crippen molar-refractivity contribution in [3.8, 4) is 12.0 Å². The highest BCUT2D eigenvalue weighted by molar-refractivity contribution is 5.27. The molecule has 1 heterocycles. The first kappa shape index (κ1) is 15.2. The lowest BCUT2D eigenvalue weighted by molar-refractivity contribution is 0.214. The summed E-state index contributed by atoms with van der Waals surface area (Å²) in [5, 5.41) is 3.10. The number of rotatable bonds is 9. The second-order valence-electron chi connectivity index (χ2n) is 4.24. The first-order chi connectivity index (χ1) is 9.15. The zero-order valence-electron chi connectivity index (χ0n) is 11.8.